The average Bonchev–Trinajstić information content (AvgIpc) is 3.09. The number of nitrogens with one attached hydrogen (secondary N) is 1. The summed E-state index contributed by atoms with van der Waals surface area (Å²) in [6.45, 7) is 2.49. The highest BCUT2D eigenvalue weighted by atomic mass is 16.1. The first-order chi connectivity index (χ1) is 11.3. The Morgan fingerprint density at radius 3 is 2.91 bits per heavy atom. The van der Waals surface area contributed by atoms with E-state index in [1.165, 1.54) is 0 Å². The Labute approximate surface area is 135 Å². The number of hydrogen-bond donors (Lipinski definition) is 1. The Kier molecular flexibility index (Phi) is 5.18. The number of anilines is 1. The summed E-state index contributed by atoms with van der Waals surface area (Å²) in [6.07, 6.45) is 10.5. The van der Waals surface area contributed by atoms with Gasteiger partial charge in [0.2, 0.25) is 11.9 Å². The van der Waals surface area contributed by atoms with Gasteiger partial charge in [0.05, 0.1) is 0 Å². The van der Waals surface area contributed by atoms with Crippen LogP contribution in [0.2, 0.25) is 0 Å². The normalized spacial score (nSPS) is 17.9. The fourth-order valence-corrected chi connectivity index (χ4v) is 2.87. The van der Waals surface area contributed by atoms with E-state index in [-0.39, 0.29) is 11.9 Å². The van der Waals surface area contributed by atoms with E-state index in [1.807, 2.05) is 23.0 Å². The first-order valence-electron chi connectivity index (χ1n) is 8.10. The van der Waals surface area contributed by atoms with E-state index < -0.39 is 0 Å². The molecule has 1 aliphatic heterocycles. The van der Waals surface area contributed by atoms with Gasteiger partial charge in [0.15, 0.2) is 0 Å². The number of amides is 1. The van der Waals surface area contributed by atoms with E-state index in [0.717, 1.165) is 44.8 Å². The Hall–Kier alpha value is -2.44. The summed E-state index contributed by atoms with van der Waals surface area (Å²) >= 11 is 0. The molecule has 2 aromatic heterocycles. The van der Waals surface area contributed by atoms with Crippen LogP contribution in [0.3, 0.4) is 0 Å². The van der Waals surface area contributed by atoms with Gasteiger partial charge < -0.3 is 10.2 Å². The van der Waals surface area contributed by atoms with Crippen molar-refractivity contribution in [1.29, 1.82) is 0 Å². The van der Waals surface area contributed by atoms with Crippen molar-refractivity contribution in [3.8, 4) is 0 Å². The number of carbonyl (C=O) groups is 1. The standard InChI is InChI=1S/C16H22N6O/c23-15(6-2-11-22-12-4-9-19-22)20-14-5-1-10-21(13-14)16-17-7-3-8-18-16/h3-4,7-9,12,14H,1-2,5-6,10-11,13H2,(H,20,23). The van der Waals surface area contributed by atoms with E-state index in [1.54, 1.807) is 18.6 Å². The fourth-order valence-electron chi connectivity index (χ4n) is 2.87. The number of piperidine rings is 1. The van der Waals surface area contributed by atoms with Crippen molar-refractivity contribution in [3.05, 3.63) is 36.9 Å². The molecule has 3 rings (SSSR count). The minimum absolute atomic E-state index is 0.109. The van der Waals surface area contributed by atoms with Gasteiger partial charge in [0.25, 0.3) is 0 Å². The summed E-state index contributed by atoms with van der Waals surface area (Å²) in [7, 11) is 0. The van der Waals surface area contributed by atoms with E-state index in [0.29, 0.717) is 6.42 Å². The molecule has 0 aromatic carbocycles. The van der Waals surface area contributed by atoms with Gasteiger partial charge in [-0.05, 0) is 31.4 Å². The molecule has 122 valence electrons. The molecule has 7 heteroatoms. The van der Waals surface area contributed by atoms with Crippen molar-refractivity contribution in [2.45, 2.75) is 38.3 Å². The number of rotatable bonds is 6. The molecule has 1 aliphatic rings. The fraction of sp³-hybridized carbons (Fsp3) is 0.500. The second-order valence-corrected chi connectivity index (χ2v) is 5.77. The number of nitrogens with zero attached hydrogens (tertiary/aromatic N) is 5. The van der Waals surface area contributed by atoms with Gasteiger partial charge in [0, 0.05) is 56.9 Å². The van der Waals surface area contributed by atoms with Crippen molar-refractivity contribution in [3.63, 3.8) is 0 Å². The van der Waals surface area contributed by atoms with Crippen LogP contribution in [0.5, 0.6) is 0 Å². The van der Waals surface area contributed by atoms with E-state index in [9.17, 15) is 4.79 Å². The van der Waals surface area contributed by atoms with Crippen molar-refractivity contribution in [1.82, 2.24) is 25.1 Å². The molecule has 1 atom stereocenters. The topological polar surface area (TPSA) is 75.9 Å². The first-order valence-corrected chi connectivity index (χ1v) is 8.10. The van der Waals surface area contributed by atoms with Crippen LogP contribution >= 0.6 is 0 Å². The van der Waals surface area contributed by atoms with Crippen LogP contribution in [0.15, 0.2) is 36.9 Å². The molecular weight excluding hydrogens is 292 g/mol. The third kappa shape index (κ3) is 4.51. The first kappa shape index (κ1) is 15.5. The lowest BCUT2D eigenvalue weighted by Gasteiger charge is -2.33. The highest BCUT2D eigenvalue weighted by Gasteiger charge is 2.22. The molecule has 7 nitrogen and oxygen atoms in total. The summed E-state index contributed by atoms with van der Waals surface area (Å²) in [5, 5.41) is 7.27. The molecule has 1 unspecified atom stereocenters. The van der Waals surface area contributed by atoms with Crippen LogP contribution in [-0.4, -0.2) is 44.8 Å². The molecule has 0 bridgehead atoms. The molecule has 0 spiro atoms. The summed E-state index contributed by atoms with van der Waals surface area (Å²) < 4.78 is 1.85. The molecule has 1 N–H and O–H groups in total. The van der Waals surface area contributed by atoms with Crippen LogP contribution in [0.1, 0.15) is 25.7 Å². The molecule has 1 amide bonds. The summed E-state index contributed by atoms with van der Waals surface area (Å²) in [6, 6.07) is 3.87. The summed E-state index contributed by atoms with van der Waals surface area (Å²) in [4.78, 5) is 22.8. The second-order valence-electron chi connectivity index (χ2n) is 5.77. The lowest BCUT2D eigenvalue weighted by atomic mass is 10.1. The molecule has 0 aliphatic carbocycles. The zero-order valence-electron chi connectivity index (χ0n) is 13.1. The van der Waals surface area contributed by atoms with Crippen LogP contribution in [0, 0.1) is 0 Å². The van der Waals surface area contributed by atoms with Crippen LogP contribution in [-0.2, 0) is 11.3 Å². The van der Waals surface area contributed by atoms with Crippen molar-refractivity contribution in [2.75, 3.05) is 18.0 Å². The van der Waals surface area contributed by atoms with Crippen LogP contribution < -0.4 is 10.2 Å². The van der Waals surface area contributed by atoms with Gasteiger partial charge >= 0.3 is 0 Å². The lowest BCUT2D eigenvalue weighted by molar-refractivity contribution is -0.122. The molecular formula is C16H22N6O. The van der Waals surface area contributed by atoms with Crippen molar-refractivity contribution >= 4 is 11.9 Å². The molecule has 0 radical (unpaired) electrons. The Bertz CT molecular complexity index is 600. The van der Waals surface area contributed by atoms with E-state index in [4.69, 9.17) is 0 Å². The average molecular weight is 314 g/mol. The van der Waals surface area contributed by atoms with E-state index >= 15 is 0 Å². The zero-order valence-corrected chi connectivity index (χ0v) is 13.1. The maximum absolute atomic E-state index is 12.1. The highest BCUT2D eigenvalue weighted by molar-refractivity contribution is 5.76. The number of aromatic nitrogens is 4. The summed E-state index contributed by atoms with van der Waals surface area (Å²) in [5.74, 6) is 0.850. The van der Waals surface area contributed by atoms with Crippen LogP contribution in [0.25, 0.3) is 0 Å². The van der Waals surface area contributed by atoms with Gasteiger partial charge in [-0.15, -0.1) is 0 Å². The van der Waals surface area contributed by atoms with Gasteiger partial charge in [-0.25, -0.2) is 9.97 Å². The van der Waals surface area contributed by atoms with Gasteiger partial charge in [-0.1, -0.05) is 0 Å². The van der Waals surface area contributed by atoms with Gasteiger partial charge in [-0.2, -0.15) is 5.10 Å². The van der Waals surface area contributed by atoms with E-state index in [2.05, 4.69) is 25.3 Å². The monoisotopic (exact) mass is 314 g/mol. The lowest BCUT2D eigenvalue weighted by Crippen LogP contribution is -2.48. The number of aryl methyl sites for hydroxylation is 1. The highest BCUT2D eigenvalue weighted by Crippen LogP contribution is 2.15. The third-order valence-electron chi connectivity index (χ3n) is 3.97. The minimum atomic E-state index is 0.109. The molecule has 3 heterocycles. The van der Waals surface area contributed by atoms with Crippen molar-refractivity contribution in [2.24, 2.45) is 0 Å². The number of hydrogen-bond acceptors (Lipinski definition) is 5. The smallest absolute Gasteiger partial charge is 0.225 e. The predicted octanol–water partition coefficient (Wildman–Crippen LogP) is 1.24. The van der Waals surface area contributed by atoms with Gasteiger partial charge in [-0.3, -0.25) is 9.48 Å². The Morgan fingerprint density at radius 2 is 2.13 bits per heavy atom. The molecule has 23 heavy (non-hydrogen) atoms. The molecule has 1 saturated heterocycles. The summed E-state index contributed by atoms with van der Waals surface area (Å²) in [5.41, 5.74) is 0. The molecule has 2 aromatic rings. The SMILES string of the molecule is O=C(CCCn1cccn1)NC1CCCN(c2ncccn2)C1. The second kappa shape index (κ2) is 7.71. The molecule has 1 fully saturated rings. The van der Waals surface area contributed by atoms with Crippen LogP contribution in [0.4, 0.5) is 5.95 Å². The maximum Gasteiger partial charge on any atom is 0.225 e. The molecule has 0 saturated carbocycles. The number of carbonyl (C=O) groups excluding carboxylic acids is 1. The van der Waals surface area contributed by atoms with Gasteiger partial charge in [0.1, 0.15) is 0 Å². The minimum Gasteiger partial charge on any atom is -0.352 e. The quantitative estimate of drug-likeness (QED) is 0.868. The third-order valence-corrected chi connectivity index (χ3v) is 3.97. The largest absolute Gasteiger partial charge is 0.352 e. The van der Waals surface area contributed by atoms with Crippen molar-refractivity contribution < 1.29 is 4.79 Å². The zero-order chi connectivity index (χ0) is 15.9. The predicted molar refractivity (Wildman–Crippen MR) is 86.9 cm³/mol. The Balaban J connectivity index is 1.43. The maximum atomic E-state index is 12.1. The Morgan fingerprint density at radius 1 is 1.26 bits per heavy atom.